The number of benzene rings is 1. The fraction of sp³-hybridized carbons (Fsp3) is 0.600. The van der Waals surface area contributed by atoms with Crippen LogP contribution in [0.1, 0.15) is 37.3 Å². The first-order valence-electron chi connectivity index (χ1n) is 6.92. The Morgan fingerprint density at radius 1 is 1.32 bits per heavy atom. The van der Waals surface area contributed by atoms with Crippen LogP contribution in [0.2, 0.25) is 5.02 Å². The van der Waals surface area contributed by atoms with E-state index in [4.69, 9.17) is 17.3 Å². The van der Waals surface area contributed by atoms with Crippen LogP contribution < -0.4 is 5.73 Å². The van der Waals surface area contributed by atoms with Crippen molar-refractivity contribution < 1.29 is 5.11 Å². The SMILES string of the molecule is CN(CC1(O)CCCC1)C(CN)c1ccc(Cl)cc1. The second kappa shape index (κ2) is 6.23. The molecule has 0 aromatic heterocycles. The van der Waals surface area contributed by atoms with Gasteiger partial charge < -0.3 is 10.8 Å². The molecule has 1 unspecified atom stereocenters. The molecule has 1 atom stereocenters. The Bertz CT molecular complexity index is 401. The molecule has 0 heterocycles. The van der Waals surface area contributed by atoms with Crippen molar-refractivity contribution in [1.29, 1.82) is 0 Å². The van der Waals surface area contributed by atoms with E-state index >= 15 is 0 Å². The Hall–Kier alpha value is -0.610. The minimum Gasteiger partial charge on any atom is -0.389 e. The summed E-state index contributed by atoms with van der Waals surface area (Å²) in [5, 5.41) is 11.2. The summed E-state index contributed by atoms with van der Waals surface area (Å²) >= 11 is 5.91. The van der Waals surface area contributed by atoms with Crippen LogP contribution in [-0.2, 0) is 0 Å². The summed E-state index contributed by atoms with van der Waals surface area (Å²) in [6.45, 7) is 1.21. The van der Waals surface area contributed by atoms with E-state index in [9.17, 15) is 5.11 Å². The molecule has 2 rings (SSSR count). The molecule has 0 saturated heterocycles. The van der Waals surface area contributed by atoms with E-state index in [0.29, 0.717) is 13.1 Å². The fourth-order valence-electron chi connectivity index (χ4n) is 3.02. The van der Waals surface area contributed by atoms with Gasteiger partial charge in [0.1, 0.15) is 0 Å². The Labute approximate surface area is 120 Å². The van der Waals surface area contributed by atoms with Gasteiger partial charge in [-0.3, -0.25) is 4.90 Å². The number of nitrogens with two attached hydrogens (primary N) is 1. The van der Waals surface area contributed by atoms with Gasteiger partial charge in [-0.25, -0.2) is 0 Å². The van der Waals surface area contributed by atoms with Crippen LogP contribution in [0.5, 0.6) is 0 Å². The molecule has 1 aromatic carbocycles. The van der Waals surface area contributed by atoms with E-state index in [1.807, 2.05) is 31.3 Å². The van der Waals surface area contributed by atoms with Crippen molar-refractivity contribution >= 4 is 11.6 Å². The minimum absolute atomic E-state index is 0.127. The van der Waals surface area contributed by atoms with Gasteiger partial charge in [0.2, 0.25) is 0 Å². The molecule has 1 saturated carbocycles. The van der Waals surface area contributed by atoms with Gasteiger partial charge in [-0.05, 0) is 37.6 Å². The first-order valence-corrected chi connectivity index (χ1v) is 7.30. The Morgan fingerprint density at radius 3 is 2.42 bits per heavy atom. The summed E-state index contributed by atoms with van der Waals surface area (Å²) in [5.74, 6) is 0. The maximum atomic E-state index is 10.5. The summed E-state index contributed by atoms with van der Waals surface area (Å²) in [6, 6.07) is 7.92. The molecule has 0 amide bonds. The van der Waals surface area contributed by atoms with Gasteiger partial charge in [-0.1, -0.05) is 36.6 Å². The van der Waals surface area contributed by atoms with E-state index in [1.54, 1.807) is 0 Å². The smallest absolute Gasteiger partial charge is 0.0774 e. The van der Waals surface area contributed by atoms with E-state index in [0.717, 1.165) is 36.3 Å². The largest absolute Gasteiger partial charge is 0.389 e. The standard InChI is InChI=1S/C15H23ClN2O/c1-18(11-15(19)8-2-3-9-15)14(10-17)12-4-6-13(16)7-5-12/h4-7,14,19H,2-3,8-11,17H2,1H3. The lowest BCUT2D eigenvalue weighted by atomic mass is 9.99. The van der Waals surface area contributed by atoms with Crippen molar-refractivity contribution in [3.05, 3.63) is 34.9 Å². The molecule has 106 valence electrons. The minimum atomic E-state index is -0.533. The highest BCUT2D eigenvalue weighted by molar-refractivity contribution is 6.30. The van der Waals surface area contributed by atoms with Crippen molar-refractivity contribution in [2.75, 3.05) is 20.1 Å². The van der Waals surface area contributed by atoms with Crippen LogP contribution in [0.15, 0.2) is 24.3 Å². The third kappa shape index (κ3) is 3.69. The van der Waals surface area contributed by atoms with Crippen molar-refractivity contribution in [3.8, 4) is 0 Å². The predicted octanol–water partition coefficient (Wildman–Crippen LogP) is 2.58. The second-order valence-electron chi connectivity index (χ2n) is 5.65. The molecular weight excluding hydrogens is 260 g/mol. The number of aliphatic hydroxyl groups is 1. The number of likely N-dealkylation sites (N-methyl/N-ethyl adjacent to an activating group) is 1. The lowest BCUT2D eigenvalue weighted by molar-refractivity contribution is 0.00593. The van der Waals surface area contributed by atoms with Gasteiger partial charge in [-0.15, -0.1) is 0 Å². The summed E-state index contributed by atoms with van der Waals surface area (Å²) < 4.78 is 0. The Kier molecular flexibility index (Phi) is 4.85. The van der Waals surface area contributed by atoms with Crippen molar-refractivity contribution in [2.45, 2.75) is 37.3 Å². The number of hydrogen-bond donors (Lipinski definition) is 2. The Morgan fingerprint density at radius 2 is 1.89 bits per heavy atom. The zero-order chi connectivity index (χ0) is 13.9. The predicted molar refractivity (Wildman–Crippen MR) is 79.3 cm³/mol. The lowest BCUT2D eigenvalue weighted by Gasteiger charge is -2.34. The summed E-state index contributed by atoms with van der Waals surface area (Å²) in [4.78, 5) is 2.16. The molecule has 1 aliphatic carbocycles. The molecular formula is C15H23ClN2O. The van der Waals surface area contributed by atoms with E-state index < -0.39 is 5.60 Å². The third-order valence-electron chi connectivity index (χ3n) is 4.09. The van der Waals surface area contributed by atoms with Crippen LogP contribution in [0.4, 0.5) is 0 Å². The van der Waals surface area contributed by atoms with E-state index in [-0.39, 0.29) is 6.04 Å². The topological polar surface area (TPSA) is 49.5 Å². The van der Waals surface area contributed by atoms with Gasteiger partial charge >= 0.3 is 0 Å². The Balaban J connectivity index is 2.06. The van der Waals surface area contributed by atoms with Crippen molar-refractivity contribution in [3.63, 3.8) is 0 Å². The number of rotatable bonds is 5. The third-order valence-corrected chi connectivity index (χ3v) is 4.34. The quantitative estimate of drug-likeness (QED) is 0.873. The highest BCUT2D eigenvalue weighted by Gasteiger charge is 2.33. The van der Waals surface area contributed by atoms with E-state index in [1.165, 1.54) is 0 Å². The van der Waals surface area contributed by atoms with Crippen molar-refractivity contribution in [2.24, 2.45) is 5.73 Å². The fourth-order valence-corrected chi connectivity index (χ4v) is 3.15. The van der Waals surface area contributed by atoms with Crippen LogP contribution in [0, 0.1) is 0 Å². The molecule has 3 N–H and O–H groups in total. The molecule has 1 fully saturated rings. The lowest BCUT2D eigenvalue weighted by Crippen LogP contribution is -2.42. The maximum Gasteiger partial charge on any atom is 0.0774 e. The van der Waals surface area contributed by atoms with Crippen molar-refractivity contribution in [1.82, 2.24) is 4.90 Å². The molecule has 0 spiro atoms. The van der Waals surface area contributed by atoms with Gasteiger partial charge in [0.25, 0.3) is 0 Å². The van der Waals surface area contributed by atoms with Crippen LogP contribution in [0.25, 0.3) is 0 Å². The maximum absolute atomic E-state index is 10.5. The highest BCUT2D eigenvalue weighted by atomic mass is 35.5. The van der Waals surface area contributed by atoms with Gasteiger partial charge in [0.15, 0.2) is 0 Å². The molecule has 3 nitrogen and oxygen atoms in total. The summed E-state index contributed by atoms with van der Waals surface area (Å²) in [5.41, 5.74) is 6.52. The van der Waals surface area contributed by atoms with Crippen LogP contribution in [0.3, 0.4) is 0 Å². The first-order chi connectivity index (χ1) is 9.04. The van der Waals surface area contributed by atoms with E-state index in [2.05, 4.69) is 4.90 Å². The molecule has 0 aliphatic heterocycles. The second-order valence-corrected chi connectivity index (χ2v) is 6.09. The zero-order valence-electron chi connectivity index (χ0n) is 11.5. The summed E-state index contributed by atoms with van der Waals surface area (Å²) in [6.07, 6.45) is 4.04. The van der Waals surface area contributed by atoms with Gasteiger partial charge in [0.05, 0.1) is 5.60 Å². The van der Waals surface area contributed by atoms with Crippen LogP contribution in [-0.4, -0.2) is 35.7 Å². The average molecular weight is 283 g/mol. The highest BCUT2D eigenvalue weighted by Crippen LogP contribution is 2.32. The van der Waals surface area contributed by atoms with Crippen LogP contribution >= 0.6 is 11.6 Å². The number of halogens is 1. The molecule has 0 bridgehead atoms. The monoisotopic (exact) mass is 282 g/mol. The normalized spacial score (nSPS) is 19.8. The molecule has 1 aromatic rings. The first kappa shape index (κ1) is 14.8. The molecule has 4 heteroatoms. The zero-order valence-corrected chi connectivity index (χ0v) is 12.2. The number of nitrogens with zero attached hydrogens (tertiary/aromatic N) is 1. The molecule has 19 heavy (non-hydrogen) atoms. The van der Waals surface area contributed by atoms with Gasteiger partial charge in [0, 0.05) is 24.2 Å². The molecule has 0 radical (unpaired) electrons. The summed E-state index contributed by atoms with van der Waals surface area (Å²) in [7, 11) is 2.03. The molecule has 1 aliphatic rings. The average Bonchev–Trinajstić information content (AvgIpc) is 2.79. The van der Waals surface area contributed by atoms with Gasteiger partial charge in [-0.2, -0.15) is 0 Å². The number of hydrogen-bond acceptors (Lipinski definition) is 3.